The summed E-state index contributed by atoms with van der Waals surface area (Å²) in [6, 6.07) is 12.8. The number of nitrogens with one attached hydrogen (secondary N) is 2. The van der Waals surface area contributed by atoms with Gasteiger partial charge in [0.2, 0.25) is 5.95 Å². The van der Waals surface area contributed by atoms with E-state index in [1.165, 1.54) is 10.9 Å². The number of hydrogen-bond acceptors (Lipinski definition) is 9. The zero-order chi connectivity index (χ0) is 37.9. The van der Waals surface area contributed by atoms with E-state index in [1.807, 2.05) is 66.2 Å². The minimum absolute atomic E-state index is 0.166. The summed E-state index contributed by atoms with van der Waals surface area (Å²) >= 11 is 12.4. The van der Waals surface area contributed by atoms with Gasteiger partial charge in [-0.3, -0.25) is 4.79 Å². The molecule has 4 N–H and O–H groups in total. The normalized spacial score (nSPS) is 18.9. The van der Waals surface area contributed by atoms with Crippen molar-refractivity contribution < 1.29 is 28.2 Å². The van der Waals surface area contributed by atoms with Crippen LogP contribution in [0.2, 0.25) is 10.0 Å². The maximum absolute atomic E-state index is 13.6. The Morgan fingerprint density at radius 1 is 0.962 bits per heavy atom. The van der Waals surface area contributed by atoms with Crippen molar-refractivity contribution in [2.45, 2.75) is 76.0 Å². The van der Waals surface area contributed by atoms with Crippen LogP contribution in [0.5, 0.6) is 0 Å². The van der Waals surface area contributed by atoms with Gasteiger partial charge in [-0.25, -0.2) is 9.97 Å². The molecule has 1 amide bonds. The van der Waals surface area contributed by atoms with Crippen molar-refractivity contribution in [1.82, 2.24) is 34.0 Å². The van der Waals surface area contributed by atoms with Crippen molar-refractivity contribution >= 4 is 52.0 Å². The standard InChI is InChI=1S/C36H40Cl2F3N9O3/c1-3-15-49(34(53)36(39,40)41)27-16-28(31(52)30(27)51)50-20-45-29-32(46-35(47-33(29)50)42-14-13-25-18-48(4-2)19-44-25)43-17-26(21-5-9-23(37)10-6-21)22-7-11-24(38)12-8-22/h5-12,18-20,26-28,30-31,51-52H,3-4,13-17H2,1-2H3,(H2,42,43,46,47)/t27-,28+,30+,31-/m0/s1. The van der Waals surface area contributed by atoms with Crippen LogP contribution in [-0.4, -0.2) is 94.2 Å². The Kier molecular flexibility index (Phi) is 11.8. The number of carbonyl (C=O) groups excluding carboxylic acids is 1. The molecule has 0 spiro atoms. The van der Waals surface area contributed by atoms with Gasteiger partial charge in [0.05, 0.1) is 30.4 Å². The molecule has 6 rings (SSSR count). The van der Waals surface area contributed by atoms with Crippen molar-refractivity contribution in [2.24, 2.45) is 0 Å². The largest absolute Gasteiger partial charge is 0.471 e. The van der Waals surface area contributed by atoms with E-state index in [-0.39, 0.29) is 36.9 Å². The van der Waals surface area contributed by atoms with E-state index in [2.05, 4.69) is 20.6 Å². The minimum Gasteiger partial charge on any atom is -0.388 e. The third kappa shape index (κ3) is 8.53. The van der Waals surface area contributed by atoms with Crippen LogP contribution in [0.25, 0.3) is 11.2 Å². The molecule has 5 aromatic rings. The molecule has 0 radical (unpaired) electrons. The fraction of sp³-hybridized carbons (Fsp3) is 0.417. The number of imidazole rings is 2. The van der Waals surface area contributed by atoms with Crippen LogP contribution in [0.4, 0.5) is 24.9 Å². The summed E-state index contributed by atoms with van der Waals surface area (Å²) in [4.78, 5) is 31.5. The average molecular weight is 775 g/mol. The van der Waals surface area contributed by atoms with Crippen LogP contribution in [0, 0.1) is 0 Å². The van der Waals surface area contributed by atoms with E-state index in [4.69, 9.17) is 33.2 Å². The van der Waals surface area contributed by atoms with Gasteiger partial charge in [-0.05, 0) is 55.2 Å². The monoisotopic (exact) mass is 773 g/mol. The second kappa shape index (κ2) is 16.3. The number of amides is 1. The Balaban J connectivity index is 1.34. The molecule has 0 bridgehead atoms. The first kappa shape index (κ1) is 38.3. The number of anilines is 2. The van der Waals surface area contributed by atoms with Gasteiger partial charge in [0, 0.05) is 54.8 Å². The van der Waals surface area contributed by atoms with Gasteiger partial charge < -0.3 is 34.9 Å². The van der Waals surface area contributed by atoms with Crippen molar-refractivity contribution in [1.29, 1.82) is 0 Å². The molecule has 2 aromatic carbocycles. The fourth-order valence-electron chi connectivity index (χ4n) is 6.78. The first-order valence-electron chi connectivity index (χ1n) is 17.4. The molecule has 1 aliphatic rings. The molecule has 4 atom stereocenters. The summed E-state index contributed by atoms with van der Waals surface area (Å²) < 4.78 is 44.2. The van der Waals surface area contributed by atoms with Crippen LogP contribution in [0.1, 0.15) is 55.5 Å². The predicted octanol–water partition coefficient (Wildman–Crippen LogP) is 6.08. The Bertz CT molecular complexity index is 1960. The molecular formula is C36H40Cl2F3N9O3. The highest BCUT2D eigenvalue weighted by Gasteiger charge is 2.51. The van der Waals surface area contributed by atoms with Crippen LogP contribution < -0.4 is 10.6 Å². The van der Waals surface area contributed by atoms with Crippen LogP contribution in [-0.2, 0) is 17.8 Å². The third-order valence-corrected chi connectivity index (χ3v) is 10.0. The van der Waals surface area contributed by atoms with Crippen LogP contribution >= 0.6 is 23.2 Å². The number of carbonyl (C=O) groups is 1. The number of aliphatic hydroxyl groups excluding tert-OH is 2. The maximum atomic E-state index is 13.6. The van der Waals surface area contributed by atoms with Gasteiger partial charge in [-0.15, -0.1) is 0 Å². The lowest BCUT2D eigenvalue weighted by Gasteiger charge is -2.31. The lowest BCUT2D eigenvalue weighted by atomic mass is 9.91. The smallest absolute Gasteiger partial charge is 0.388 e. The van der Waals surface area contributed by atoms with Gasteiger partial charge in [0.1, 0.15) is 12.2 Å². The molecule has 1 fully saturated rings. The lowest BCUT2D eigenvalue weighted by Crippen LogP contribution is -2.51. The van der Waals surface area contributed by atoms with Gasteiger partial charge >= 0.3 is 12.1 Å². The van der Waals surface area contributed by atoms with Crippen molar-refractivity contribution in [2.75, 3.05) is 30.3 Å². The molecule has 3 heterocycles. The topological polar surface area (TPSA) is 146 Å². The van der Waals surface area contributed by atoms with E-state index in [9.17, 15) is 28.2 Å². The third-order valence-electron chi connectivity index (χ3n) is 9.50. The lowest BCUT2D eigenvalue weighted by molar-refractivity contribution is -0.190. The minimum atomic E-state index is -5.14. The second-order valence-corrected chi connectivity index (χ2v) is 13.8. The first-order valence-corrected chi connectivity index (χ1v) is 18.1. The highest BCUT2D eigenvalue weighted by Crippen LogP contribution is 2.38. The van der Waals surface area contributed by atoms with E-state index in [0.29, 0.717) is 45.8 Å². The highest BCUT2D eigenvalue weighted by atomic mass is 35.5. The van der Waals surface area contributed by atoms with E-state index >= 15 is 0 Å². The fourth-order valence-corrected chi connectivity index (χ4v) is 7.03. The molecule has 12 nitrogen and oxygen atoms in total. The molecule has 0 aliphatic heterocycles. The zero-order valence-corrected chi connectivity index (χ0v) is 30.5. The maximum Gasteiger partial charge on any atom is 0.471 e. The zero-order valence-electron chi connectivity index (χ0n) is 29.0. The molecule has 0 unspecified atom stereocenters. The van der Waals surface area contributed by atoms with Crippen LogP contribution in [0.3, 0.4) is 0 Å². The van der Waals surface area contributed by atoms with E-state index in [0.717, 1.165) is 23.4 Å². The molecule has 0 saturated heterocycles. The van der Waals surface area contributed by atoms with E-state index in [1.54, 1.807) is 13.3 Å². The summed E-state index contributed by atoms with van der Waals surface area (Å²) in [5, 5.41) is 30.1. The summed E-state index contributed by atoms with van der Waals surface area (Å²) in [5.41, 5.74) is 3.44. The van der Waals surface area contributed by atoms with Gasteiger partial charge in [0.25, 0.3) is 0 Å². The second-order valence-electron chi connectivity index (χ2n) is 13.0. The molecule has 1 aliphatic carbocycles. The van der Waals surface area contributed by atoms with Crippen molar-refractivity contribution in [3.63, 3.8) is 0 Å². The number of rotatable bonds is 14. The van der Waals surface area contributed by atoms with Crippen molar-refractivity contribution in [3.05, 3.63) is 94.2 Å². The summed E-state index contributed by atoms with van der Waals surface area (Å²) in [5.74, 6) is -1.64. The number of alkyl halides is 3. The predicted molar refractivity (Wildman–Crippen MR) is 196 cm³/mol. The Labute approximate surface area is 314 Å². The average Bonchev–Trinajstić information content (AvgIpc) is 3.85. The number of benzene rings is 2. The molecular weight excluding hydrogens is 734 g/mol. The number of aliphatic hydroxyl groups is 2. The first-order chi connectivity index (χ1) is 25.4. The number of aromatic nitrogens is 6. The van der Waals surface area contributed by atoms with Crippen molar-refractivity contribution in [3.8, 4) is 0 Å². The number of nitrogens with zero attached hydrogens (tertiary/aromatic N) is 7. The summed E-state index contributed by atoms with van der Waals surface area (Å²) in [7, 11) is 0. The van der Waals surface area contributed by atoms with Gasteiger partial charge in [-0.1, -0.05) is 54.4 Å². The Morgan fingerprint density at radius 2 is 1.62 bits per heavy atom. The number of fused-ring (bicyclic) bond motifs is 1. The summed E-state index contributed by atoms with van der Waals surface area (Å²) in [6.07, 6.45) is -2.54. The quantitative estimate of drug-likeness (QED) is 0.105. The van der Waals surface area contributed by atoms with E-state index < -0.39 is 36.4 Å². The molecule has 3 aromatic heterocycles. The Morgan fingerprint density at radius 3 is 2.21 bits per heavy atom. The SMILES string of the molecule is CCCN(C(=O)C(F)(F)F)[C@H]1C[C@@H](n2cnc3c(NCC(c4ccc(Cl)cc4)c4ccc(Cl)cc4)nc(NCCc4cn(CC)cn4)nc32)[C@H](O)[C@@H]1O. The number of hydrogen-bond donors (Lipinski definition) is 4. The Hall–Kier alpha value is -4.44. The van der Waals surface area contributed by atoms with Gasteiger partial charge in [-0.2, -0.15) is 23.1 Å². The molecule has 17 heteroatoms. The molecule has 53 heavy (non-hydrogen) atoms. The molecule has 282 valence electrons. The molecule has 1 saturated carbocycles. The number of halogens is 5. The number of aryl methyl sites for hydroxylation is 1. The summed E-state index contributed by atoms with van der Waals surface area (Å²) in [6.45, 7) is 4.98. The van der Waals surface area contributed by atoms with Crippen LogP contribution in [0.15, 0.2) is 67.4 Å². The van der Waals surface area contributed by atoms with Gasteiger partial charge in [0.15, 0.2) is 17.0 Å². The highest BCUT2D eigenvalue weighted by molar-refractivity contribution is 6.30.